The Morgan fingerprint density at radius 3 is 2.83 bits per heavy atom. The van der Waals surface area contributed by atoms with Gasteiger partial charge in [-0.05, 0) is 31.9 Å². The lowest BCUT2D eigenvalue weighted by molar-refractivity contribution is 0.0274. The van der Waals surface area contributed by atoms with Gasteiger partial charge in [-0.15, -0.1) is 5.10 Å². The predicted octanol–water partition coefficient (Wildman–Crippen LogP) is 1.15. The topological polar surface area (TPSA) is 70.3 Å². The fourth-order valence-electron chi connectivity index (χ4n) is 3.06. The van der Waals surface area contributed by atoms with E-state index in [1.54, 1.807) is 17.1 Å². The molecule has 0 saturated carbocycles. The maximum Gasteiger partial charge on any atom is 0.128 e. The van der Waals surface area contributed by atoms with Crippen molar-refractivity contribution in [1.82, 2.24) is 24.9 Å². The second-order valence-electron chi connectivity index (χ2n) is 7.01. The molecule has 7 heteroatoms. The standard InChI is InChI=1S/C17H26N6O/c1-14(2)21(3)16-5-4-15(10-18-16)11-22-8-6-17(24,12-22)13-23-9-7-19-20-23/h4-5,7,9-10,14,24H,6,8,11-13H2,1-3H3. The van der Waals surface area contributed by atoms with E-state index in [1.807, 2.05) is 6.20 Å². The van der Waals surface area contributed by atoms with Gasteiger partial charge in [0, 0.05) is 45.1 Å². The number of β-amino-alcohol motifs (C(OH)–C–C–N with tert-alkyl or cyclic N) is 1. The van der Waals surface area contributed by atoms with Gasteiger partial charge in [0.2, 0.25) is 0 Å². The van der Waals surface area contributed by atoms with Crippen molar-refractivity contribution in [2.24, 2.45) is 0 Å². The number of nitrogens with zero attached hydrogens (tertiary/aromatic N) is 6. The predicted molar refractivity (Wildman–Crippen MR) is 92.6 cm³/mol. The van der Waals surface area contributed by atoms with Crippen molar-refractivity contribution in [2.45, 2.75) is 45.0 Å². The van der Waals surface area contributed by atoms with Crippen molar-refractivity contribution in [3.63, 3.8) is 0 Å². The Morgan fingerprint density at radius 2 is 2.21 bits per heavy atom. The first-order chi connectivity index (χ1) is 11.5. The highest BCUT2D eigenvalue weighted by atomic mass is 16.3. The Bertz CT molecular complexity index is 642. The van der Waals surface area contributed by atoms with Crippen LogP contribution in [0.5, 0.6) is 0 Å². The summed E-state index contributed by atoms with van der Waals surface area (Å²) >= 11 is 0. The Balaban J connectivity index is 1.57. The number of pyridine rings is 1. The number of hydrogen-bond acceptors (Lipinski definition) is 6. The van der Waals surface area contributed by atoms with Gasteiger partial charge in [0.05, 0.1) is 18.3 Å². The summed E-state index contributed by atoms with van der Waals surface area (Å²) in [6, 6.07) is 4.61. The summed E-state index contributed by atoms with van der Waals surface area (Å²) in [6.07, 6.45) is 6.10. The molecular weight excluding hydrogens is 304 g/mol. The number of likely N-dealkylation sites (tertiary alicyclic amines) is 1. The third-order valence-corrected chi connectivity index (χ3v) is 4.69. The van der Waals surface area contributed by atoms with Gasteiger partial charge >= 0.3 is 0 Å². The average molecular weight is 330 g/mol. The van der Waals surface area contributed by atoms with Gasteiger partial charge in [0.25, 0.3) is 0 Å². The zero-order valence-corrected chi connectivity index (χ0v) is 14.6. The summed E-state index contributed by atoms with van der Waals surface area (Å²) in [5.41, 5.74) is 0.430. The van der Waals surface area contributed by atoms with Crippen molar-refractivity contribution in [3.8, 4) is 0 Å². The SMILES string of the molecule is CC(C)N(C)c1ccc(CN2CCC(O)(Cn3ccnn3)C2)cn1. The molecule has 0 aliphatic carbocycles. The number of hydrogen-bond donors (Lipinski definition) is 1. The molecule has 0 bridgehead atoms. The fraction of sp³-hybridized carbons (Fsp3) is 0.588. The van der Waals surface area contributed by atoms with Gasteiger partial charge in [0.15, 0.2) is 0 Å². The van der Waals surface area contributed by atoms with Gasteiger partial charge < -0.3 is 10.0 Å². The summed E-state index contributed by atoms with van der Waals surface area (Å²) in [5.74, 6) is 0.984. The molecule has 2 aromatic rings. The van der Waals surface area contributed by atoms with E-state index in [0.29, 0.717) is 19.1 Å². The van der Waals surface area contributed by atoms with Crippen LogP contribution >= 0.6 is 0 Å². The third kappa shape index (κ3) is 3.91. The Morgan fingerprint density at radius 1 is 1.38 bits per heavy atom. The quantitative estimate of drug-likeness (QED) is 0.857. The average Bonchev–Trinajstić information content (AvgIpc) is 3.17. The molecule has 0 aromatic carbocycles. The molecule has 24 heavy (non-hydrogen) atoms. The first kappa shape index (κ1) is 16.9. The summed E-state index contributed by atoms with van der Waals surface area (Å²) < 4.78 is 1.70. The molecule has 2 aromatic heterocycles. The second-order valence-corrected chi connectivity index (χ2v) is 7.01. The minimum Gasteiger partial charge on any atom is -0.387 e. The molecule has 1 atom stereocenters. The van der Waals surface area contributed by atoms with Crippen LogP contribution in [0.15, 0.2) is 30.7 Å². The zero-order valence-electron chi connectivity index (χ0n) is 14.6. The van der Waals surface area contributed by atoms with E-state index in [2.05, 4.69) is 58.1 Å². The highest BCUT2D eigenvalue weighted by Gasteiger charge is 2.36. The maximum atomic E-state index is 10.7. The summed E-state index contributed by atoms with van der Waals surface area (Å²) in [7, 11) is 2.05. The van der Waals surface area contributed by atoms with Gasteiger partial charge in [0.1, 0.15) is 5.82 Å². The van der Waals surface area contributed by atoms with Gasteiger partial charge in [-0.3, -0.25) is 4.90 Å². The van der Waals surface area contributed by atoms with Crippen molar-refractivity contribution < 1.29 is 5.11 Å². The fourth-order valence-corrected chi connectivity index (χ4v) is 3.06. The Kier molecular flexibility index (Phi) is 4.82. The van der Waals surface area contributed by atoms with E-state index in [-0.39, 0.29) is 0 Å². The molecule has 0 spiro atoms. The Labute approximate surface area is 142 Å². The first-order valence-corrected chi connectivity index (χ1v) is 8.42. The smallest absolute Gasteiger partial charge is 0.128 e. The van der Waals surface area contributed by atoms with Crippen molar-refractivity contribution in [2.75, 3.05) is 25.0 Å². The van der Waals surface area contributed by atoms with Crippen LogP contribution in [0, 0.1) is 0 Å². The minimum atomic E-state index is -0.737. The molecule has 1 fully saturated rings. The summed E-state index contributed by atoms with van der Waals surface area (Å²) in [5, 5.41) is 18.5. The number of aliphatic hydroxyl groups is 1. The highest BCUT2D eigenvalue weighted by Crippen LogP contribution is 2.24. The van der Waals surface area contributed by atoms with Crippen molar-refractivity contribution in [3.05, 3.63) is 36.3 Å². The van der Waals surface area contributed by atoms with Crippen LogP contribution < -0.4 is 4.90 Å². The maximum absolute atomic E-state index is 10.7. The minimum absolute atomic E-state index is 0.425. The van der Waals surface area contributed by atoms with Crippen molar-refractivity contribution >= 4 is 5.82 Å². The molecule has 0 radical (unpaired) electrons. The summed E-state index contributed by atoms with van der Waals surface area (Å²) in [4.78, 5) is 8.97. The van der Waals surface area contributed by atoms with Crippen LogP contribution in [-0.4, -0.2) is 61.8 Å². The number of aromatic nitrogens is 4. The number of anilines is 1. The van der Waals surface area contributed by atoms with E-state index in [9.17, 15) is 5.11 Å². The number of rotatable bonds is 6. The van der Waals surface area contributed by atoms with Crippen LogP contribution in [0.1, 0.15) is 25.8 Å². The van der Waals surface area contributed by atoms with E-state index >= 15 is 0 Å². The molecule has 1 saturated heterocycles. The molecule has 7 nitrogen and oxygen atoms in total. The molecule has 3 heterocycles. The normalized spacial score (nSPS) is 21.5. The van der Waals surface area contributed by atoms with Gasteiger partial charge in [-0.1, -0.05) is 11.3 Å². The molecule has 0 amide bonds. The zero-order chi connectivity index (χ0) is 17.2. The lowest BCUT2D eigenvalue weighted by Crippen LogP contribution is -2.37. The molecule has 1 aliphatic rings. The summed E-state index contributed by atoms with van der Waals surface area (Å²) in [6.45, 7) is 7.10. The van der Waals surface area contributed by atoms with Crippen LogP contribution in [0.25, 0.3) is 0 Å². The first-order valence-electron chi connectivity index (χ1n) is 8.42. The lowest BCUT2D eigenvalue weighted by Gasteiger charge is -2.24. The van der Waals surface area contributed by atoms with Crippen molar-refractivity contribution in [1.29, 1.82) is 0 Å². The highest BCUT2D eigenvalue weighted by molar-refractivity contribution is 5.39. The molecular formula is C17H26N6O. The largest absolute Gasteiger partial charge is 0.387 e. The monoisotopic (exact) mass is 330 g/mol. The molecule has 130 valence electrons. The Hall–Kier alpha value is -1.99. The van der Waals surface area contributed by atoms with E-state index in [1.165, 1.54) is 5.56 Å². The van der Waals surface area contributed by atoms with Crippen LogP contribution in [-0.2, 0) is 13.1 Å². The lowest BCUT2D eigenvalue weighted by atomic mass is 10.0. The van der Waals surface area contributed by atoms with E-state index in [4.69, 9.17) is 0 Å². The van der Waals surface area contributed by atoms with E-state index < -0.39 is 5.60 Å². The molecule has 1 aliphatic heterocycles. The van der Waals surface area contributed by atoms with E-state index in [0.717, 1.165) is 25.3 Å². The molecule has 1 N–H and O–H groups in total. The van der Waals surface area contributed by atoms with Gasteiger partial charge in [-0.25, -0.2) is 9.67 Å². The molecule has 1 unspecified atom stereocenters. The van der Waals surface area contributed by atoms with Crippen LogP contribution in [0.3, 0.4) is 0 Å². The van der Waals surface area contributed by atoms with Crippen LogP contribution in [0.4, 0.5) is 5.82 Å². The van der Waals surface area contributed by atoms with Crippen LogP contribution in [0.2, 0.25) is 0 Å². The second kappa shape index (κ2) is 6.86. The van der Waals surface area contributed by atoms with Gasteiger partial charge in [-0.2, -0.15) is 0 Å². The third-order valence-electron chi connectivity index (χ3n) is 4.69. The molecule has 3 rings (SSSR count).